The molecule has 10 heteroatoms. The zero-order valence-electron chi connectivity index (χ0n) is 13.3. The van der Waals surface area contributed by atoms with Gasteiger partial charge in [0.1, 0.15) is 0 Å². The number of methoxy groups -OCH3 is 2. The number of nitro benzene ring substituents is 1. The number of benzene rings is 1. The summed E-state index contributed by atoms with van der Waals surface area (Å²) in [6.45, 7) is 0. The average Bonchev–Trinajstić information content (AvgIpc) is 2.59. The van der Waals surface area contributed by atoms with Crippen LogP contribution in [0.2, 0.25) is 0 Å². The van der Waals surface area contributed by atoms with Gasteiger partial charge in [0.2, 0.25) is 5.75 Å². The van der Waals surface area contributed by atoms with Crippen LogP contribution in [0.3, 0.4) is 0 Å². The summed E-state index contributed by atoms with van der Waals surface area (Å²) in [4.78, 5) is 11.0. The molecule has 1 aliphatic heterocycles. The van der Waals surface area contributed by atoms with E-state index in [1.165, 1.54) is 26.4 Å². The third-order valence-electron chi connectivity index (χ3n) is 3.61. The molecule has 1 heterocycles. The molecule has 0 aromatic heterocycles. The van der Waals surface area contributed by atoms with Crippen LogP contribution in [0.25, 0.3) is 0 Å². The van der Waals surface area contributed by atoms with Gasteiger partial charge in [0, 0.05) is 5.56 Å². The van der Waals surface area contributed by atoms with Gasteiger partial charge in [-0.15, -0.1) is 0 Å². The number of nitriles is 2. The number of rotatable bonds is 4. The van der Waals surface area contributed by atoms with Gasteiger partial charge in [-0.2, -0.15) is 10.5 Å². The van der Waals surface area contributed by atoms with E-state index in [9.17, 15) is 20.6 Å². The van der Waals surface area contributed by atoms with E-state index in [0.717, 1.165) is 11.8 Å². The number of nitro groups is 1. The Labute approximate surface area is 147 Å². The maximum Gasteiger partial charge on any atom is 0.319 e. The van der Waals surface area contributed by atoms with Crippen LogP contribution in [0, 0.1) is 32.8 Å². The molecule has 128 valence electrons. The summed E-state index contributed by atoms with van der Waals surface area (Å²) in [5.41, 5.74) is 11.4. The highest BCUT2D eigenvalue weighted by atomic mass is 32.2. The van der Waals surface area contributed by atoms with Crippen LogP contribution in [-0.2, 0) is 0 Å². The van der Waals surface area contributed by atoms with E-state index in [4.69, 9.17) is 20.9 Å². The quantitative estimate of drug-likeness (QED) is 0.603. The van der Waals surface area contributed by atoms with E-state index >= 15 is 0 Å². The summed E-state index contributed by atoms with van der Waals surface area (Å²) in [7, 11) is 2.60. The molecule has 1 aromatic carbocycles. The third kappa shape index (κ3) is 2.91. The number of thioether (sulfide) groups is 1. The van der Waals surface area contributed by atoms with Crippen LogP contribution in [0.1, 0.15) is 11.5 Å². The highest BCUT2D eigenvalue weighted by molar-refractivity contribution is 8.06. The zero-order chi connectivity index (χ0) is 18.7. The van der Waals surface area contributed by atoms with Crippen molar-refractivity contribution in [3.05, 3.63) is 49.0 Å². The monoisotopic (exact) mass is 359 g/mol. The molecule has 0 spiro atoms. The Morgan fingerprint density at radius 1 is 1.16 bits per heavy atom. The molecular formula is C15H13N5O4S. The van der Waals surface area contributed by atoms with E-state index in [-0.39, 0.29) is 38.3 Å². The molecule has 0 radical (unpaired) electrons. The van der Waals surface area contributed by atoms with Gasteiger partial charge in [0.05, 0.1) is 58.4 Å². The minimum absolute atomic E-state index is 0.0195. The van der Waals surface area contributed by atoms with E-state index in [1.54, 1.807) is 0 Å². The zero-order valence-corrected chi connectivity index (χ0v) is 14.1. The lowest BCUT2D eigenvalue weighted by atomic mass is 9.84. The van der Waals surface area contributed by atoms with E-state index in [0.29, 0.717) is 0 Å². The molecule has 1 aliphatic rings. The van der Waals surface area contributed by atoms with Crippen molar-refractivity contribution < 1.29 is 14.4 Å². The molecule has 2 rings (SSSR count). The molecule has 0 saturated carbocycles. The van der Waals surface area contributed by atoms with Crippen molar-refractivity contribution in [2.75, 3.05) is 14.2 Å². The highest BCUT2D eigenvalue weighted by Gasteiger charge is 2.38. The lowest BCUT2D eigenvalue weighted by molar-refractivity contribution is -0.386. The van der Waals surface area contributed by atoms with Gasteiger partial charge in [0.15, 0.2) is 5.75 Å². The molecule has 0 fully saturated rings. The topological polar surface area (TPSA) is 161 Å². The predicted octanol–water partition coefficient (Wildman–Crippen LogP) is 1.83. The molecule has 0 saturated heterocycles. The minimum Gasteiger partial charge on any atom is -0.493 e. The molecule has 0 bridgehead atoms. The second kappa shape index (κ2) is 7.03. The molecule has 0 unspecified atom stereocenters. The summed E-state index contributed by atoms with van der Waals surface area (Å²) in [5, 5.41) is 30.8. The fraction of sp³-hybridized carbons (Fsp3) is 0.200. The van der Waals surface area contributed by atoms with Crippen LogP contribution in [0.15, 0.2) is 33.3 Å². The Morgan fingerprint density at radius 2 is 1.72 bits per heavy atom. The molecule has 4 N–H and O–H groups in total. The molecule has 0 amide bonds. The first-order valence-corrected chi connectivity index (χ1v) is 7.59. The van der Waals surface area contributed by atoms with E-state index < -0.39 is 16.5 Å². The van der Waals surface area contributed by atoms with Crippen LogP contribution in [0.4, 0.5) is 5.69 Å². The van der Waals surface area contributed by atoms with Crippen LogP contribution in [0.5, 0.6) is 11.5 Å². The molecule has 25 heavy (non-hydrogen) atoms. The van der Waals surface area contributed by atoms with Crippen molar-refractivity contribution in [3.63, 3.8) is 0 Å². The van der Waals surface area contributed by atoms with Gasteiger partial charge in [-0.1, -0.05) is 11.8 Å². The lowest BCUT2D eigenvalue weighted by Crippen LogP contribution is -2.19. The van der Waals surface area contributed by atoms with Crippen LogP contribution >= 0.6 is 11.8 Å². The first kappa shape index (κ1) is 18.0. The first-order valence-electron chi connectivity index (χ1n) is 6.77. The molecule has 9 nitrogen and oxygen atoms in total. The number of hydrogen-bond donors (Lipinski definition) is 2. The number of ether oxygens (including phenoxy) is 2. The van der Waals surface area contributed by atoms with Crippen molar-refractivity contribution in [1.82, 2.24) is 0 Å². The first-order chi connectivity index (χ1) is 11.9. The Balaban J connectivity index is 2.88. The van der Waals surface area contributed by atoms with Crippen LogP contribution in [-0.4, -0.2) is 19.1 Å². The fourth-order valence-electron chi connectivity index (χ4n) is 2.55. The van der Waals surface area contributed by atoms with E-state index in [2.05, 4.69) is 0 Å². The maximum absolute atomic E-state index is 11.7. The molecule has 0 atom stereocenters. The van der Waals surface area contributed by atoms with Crippen molar-refractivity contribution in [3.8, 4) is 23.6 Å². The summed E-state index contributed by atoms with van der Waals surface area (Å²) >= 11 is 0.881. The van der Waals surface area contributed by atoms with Gasteiger partial charge in [-0.25, -0.2) is 0 Å². The average molecular weight is 359 g/mol. The standard InChI is InChI=1S/C15H13N5O4S/c1-23-10-4-3-7(12(20(21)22)13(10)24-2)11-8(5-16)14(18)25-15(19)9(11)6-17/h3-4,11H,18-19H2,1-2H3. The Hall–Kier alpha value is -3.37. The summed E-state index contributed by atoms with van der Waals surface area (Å²) in [5.74, 6) is -1.03. The SMILES string of the molecule is COc1ccc(C2C(C#N)=C(N)SC(N)=C2C#N)c([N+](=O)[O-])c1OC. The Kier molecular flexibility index (Phi) is 5.05. The van der Waals surface area contributed by atoms with Crippen molar-refractivity contribution in [1.29, 1.82) is 10.5 Å². The predicted molar refractivity (Wildman–Crippen MR) is 90.2 cm³/mol. The summed E-state index contributed by atoms with van der Waals surface area (Å²) in [6.07, 6.45) is 0. The van der Waals surface area contributed by atoms with Crippen LogP contribution < -0.4 is 20.9 Å². The second-order valence-electron chi connectivity index (χ2n) is 4.81. The van der Waals surface area contributed by atoms with E-state index in [1.807, 2.05) is 12.1 Å². The molecular weight excluding hydrogens is 346 g/mol. The summed E-state index contributed by atoms with van der Waals surface area (Å²) < 4.78 is 10.2. The summed E-state index contributed by atoms with van der Waals surface area (Å²) in [6, 6.07) is 6.69. The number of hydrogen-bond acceptors (Lipinski definition) is 9. The van der Waals surface area contributed by atoms with Gasteiger partial charge < -0.3 is 20.9 Å². The maximum atomic E-state index is 11.7. The van der Waals surface area contributed by atoms with Crippen molar-refractivity contribution >= 4 is 17.4 Å². The number of nitrogens with zero attached hydrogens (tertiary/aromatic N) is 3. The lowest BCUT2D eigenvalue weighted by Gasteiger charge is -2.24. The largest absolute Gasteiger partial charge is 0.493 e. The molecule has 0 aliphatic carbocycles. The van der Waals surface area contributed by atoms with Gasteiger partial charge in [0.25, 0.3) is 0 Å². The van der Waals surface area contributed by atoms with Gasteiger partial charge in [-0.3, -0.25) is 10.1 Å². The van der Waals surface area contributed by atoms with Crippen molar-refractivity contribution in [2.24, 2.45) is 11.5 Å². The number of allylic oxidation sites excluding steroid dienone is 2. The fourth-order valence-corrected chi connectivity index (χ4v) is 3.34. The van der Waals surface area contributed by atoms with Gasteiger partial charge in [-0.05, 0) is 12.1 Å². The molecule has 1 aromatic rings. The highest BCUT2D eigenvalue weighted by Crippen LogP contribution is 2.49. The number of nitrogens with two attached hydrogens (primary N) is 2. The smallest absolute Gasteiger partial charge is 0.319 e. The van der Waals surface area contributed by atoms with Crippen molar-refractivity contribution in [2.45, 2.75) is 5.92 Å². The third-order valence-corrected chi connectivity index (χ3v) is 4.49. The minimum atomic E-state index is -1.06. The Morgan fingerprint density at radius 3 is 2.12 bits per heavy atom. The van der Waals surface area contributed by atoms with Gasteiger partial charge >= 0.3 is 5.69 Å². The second-order valence-corrected chi connectivity index (χ2v) is 5.89. The normalized spacial score (nSPS) is 14.7. The Bertz CT molecular complexity index is 858.